The molecule has 0 unspecified atom stereocenters. The summed E-state index contributed by atoms with van der Waals surface area (Å²) in [7, 11) is 0. The van der Waals surface area contributed by atoms with Gasteiger partial charge in [0, 0.05) is 18.8 Å². The minimum atomic E-state index is -0.761. The minimum absolute atomic E-state index is 0.112. The molecule has 0 radical (unpaired) electrons. The van der Waals surface area contributed by atoms with Gasteiger partial charge in [0.05, 0.1) is 12.2 Å². The highest BCUT2D eigenvalue weighted by atomic mass is 16.4. The lowest BCUT2D eigenvalue weighted by Crippen LogP contribution is -2.42. The van der Waals surface area contributed by atoms with Gasteiger partial charge in [0.25, 0.3) is 0 Å². The first-order valence-corrected chi connectivity index (χ1v) is 5.61. The highest BCUT2D eigenvalue weighted by molar-refractivity contribution is 5.69. The van der Waals surface area contributed by atoms with E-state index in [2.05, 4.69) is 4.98 Å². The Kier molecular flexibility index (Phi) is 3.51. The number of carboxylic acid groups (broad SMARTS) is 1. The standard InChI is InChI=1S/C12H16N2O2/c15-12(16)9-14(11-5-3-6-11)8-10-4-1-2-7-13-10/h1-2,4,7,11H,3,5-6,8-9H2,(H,15,16). The summed E-state index contributed by atoms with van der Waals surface area (Å²) < 4.78 is 0. The second-order valence-electron chi connectivity index (χ2n) is 4.20. The van der Waals surface area contributed by atoms with Gasteiger partial charge in [-0.2, -0.15) is 0 Å². The SMILES string of the molecule is O=C(O)CN(Cc1ccccn1)C1CCC1. The van der Waals surface area contributed by atoms with Crippen molar-refractivity contribution in [3.63, 3.8) is 0 Å². The van der Waals surface area contributed by atoms with Gasteiger partial charge in [-0.05, 0) is 25.0 Å². The Morgan fingerprint density at radius 3 is 2.81 bits per heavy atom. The minimum Gasteiger partial charge on any atom is -0.480 e. The summed E-state index contributed by atoms with van der Waals surface area (Å²) in [5.74, 6) is -0.761. The van der Waals surface area contributed by atoms with E-state index in [0.29, 0.717) is 12.6 Å². The number of hydrogen-bond acceptors (Lipinski definition) is 3. The summed E-state index contributed by atoms with van der Waals surface area (Å²) in [5.41, 5.74) is 0.940. The van der Waals surface area contributed by atoms with Crippen LogP contribution in [-0.2, 0) is 11.3 Å². The van der Waals surface area contributed by atoms with Crippen LogP contribution >= 0.6 is 0 Å². The van der Waals surface area contributed by atoms with Crippen molar-refractivity contribution in [3.05, 3.63) is 30.1 Å². The van der Waals surface area contributed by atoms with Crippen LogP contribution in [0.25, 0.3) is 0 Å². The van der Waals surface area contributed by atoms with Gasteiger partial charge in [-0.3, -0.25) is 14.7 Å². The first-order valence-electron chi connectivity index (χ1n) is 5.61. The van der Waals surface area contributed by atoms with E-state index < -0.39 is 5.97 Å². The molecule has 1 saturated carbocycles. The number of hydrogen-bond donors (Lipinski definition) is 1. The van der Waals surface area contributed by atoms with Crippen molar-refractivity contribution in [2.45, 2.75) is 31.8 Å². The molecule has 0 saturated heterocycles. The predicted octanol–water partition coefficient (Wildman–Crippen LogP) is 1.52. The molecule has 2 rings (SSSR count). The molecule has 1 fully saturated rings. The monoisotopic (exact) mass is 220 g/mol. The maximum Gasteiger partial charge on any atom is 0.317 e. The normalized spacial score (nSPS) is 16.1. The molecule has 0 aliphatic heterocycles. The fraction of sp³-hybridized carbons (Fsp3) is 0.500. The van der Waals surface area contributed by atoms with Crippen molar-refractivity contribution in [1.82, 2.24) is 9.88 Å². The molecule has 86 valence electrons. The number of aromatic nitrogens is 1. The smallest absolute Gasteiger partial charge is 0.317 e. The second kappa shape index (κ2) is 5.07. The first kappa shape index (κ1) is 11.1. The van der Waals surface area contributed by atoms with Crippen LogP contribution in [0.2, 0.25) is 0 Å². The Balaban J connectivity index is 1.98. The molecule has 1 N–H and O–H groups in total. The average molecular weight is 220 g/mol. The van der Waals surface area contributed by atoms with Gasteiger partial charge >= 0.3 is 5.97 Å². The van der Waals surface area contributed by atoms with Gasteiger partial charge in [-0.1, -0.05) is 12.5 Å². The van der Waals surface area contributed by atoms with Crippen LogP contribution in [0.15, 0.2) is 24.4 Å². The van der Waals surface area contributed by atoms with Crippen molar-refractivity contribution in [2.75, 3.05) is 6.54 Å². The van der Waals surface area contributed by atoms with Gasteiger partial charge in [-0.15, -0.1) is 0 Å². The fourth-order valence-corrected chi connectivity index (χ4v) is 1.94. The quantitative estimate of drug-likeness (QED) is 0.817. The molecule has 0 amide bonds. The molecule has 4 nitrogen and oxygen atoms in total. The van der Waals surface area contributed by atoms with E-state index in [-0.39, 0.29) is 6.54 Å². The van der Waals surface area contributed by atoms with Crippen LogP contribution in [-0.4, -0.2) is 33.5 Å². The van der Waals surface area contributed by atoms with Crippen LogP contribution in [0.4, 0.5) is 0 Å². The molecule has 16 heavy (non-hydrogen) atoms. The maximum atomic E-state index is 10.8. The highest BCUT2D eigenvalue weighted by Gasteiger charge is 2.26. The molecule has 0 atom stereocenters. The molecule has 0 bridgehead atoms. The Labute approximate surface area is 94.9 Å². The topological polar surface area (TPSA) is 53.4 Å². The summed E-state index contributed by atoms with van der Waals surface area (Å²) in [6, 6.07) is 6.17. The number of aliphatic carboxylic acids is 1. The summed E-state index contributed by atoms with van der Waals surface area (Å²) in [6.07, 6.45) is 5.18. The molecule has 1 aliphatic rings. The largest absolute Gasteiger partial charge is 0.480 e. The number of nitrogens with zero attached hydrogens (tertiary/aromatic N) is 2. The summed E-state index contributed by atoms with van der Waals surface area (Å²) in [5, 5.41) is 8.87. The van der Waals surface area contributed by atoms with Crippen molar-refractivity contribution < 1.29 is 9.90 Å². The van der Waals surface area contributed by atoms with Crippen LogP contribution in [0.5, 0.6) is 0 Å². The molecule has 1 aliphatic carbocycles. The highest BCUT2D eigenvalue weighted by Crippen LogP contribution is 2.25. The van der Waals surface area contributed by atoms with Gasteiger partial charge in [0.1, 0.15) is 0 Å². The first-order chi connectivity index (χ1) is 7.75. The third kappa shape index (κ3) is 2.79. The Hall–Kier alpha value is -1.42. The molecule has 1 aromatic rings. The third-order valence-electron chi connectivity index (χ3n) is 3.02. The van der Waals surface area contributed by atoms with Crippen molar-refractivity contribution >= 4 is 5.97 Å². The lowest BCUT2D eigenvalue weighted by Gasteiger charge is -2.36. The van der Waals surface area contributed by atoms with E-state index in [1.54, 1.807) is 6.20 Å². The average Bonchev–Trinajstić information content (AvgIpc) is 2.15. The van der Waals surface area contributed by atoms with Crippen molar-refractivity contribution in [2.24, 2.45) is 0 Å². The zero-order chi connectivity index (χ0) is 11.4. The van der Waals surface area contributed by atoms with Crippen molar-refractivity contribution in [3.8, 4) is 0 Å². The van der Waals surface area contributed by atoms with Crippen LogP contribution in [0.3, 0.4) is 0 Å². The molecule has 0 aromatic carbocycles. The van der Waals surface area contributed by atoms with E-state index in [4.69, 9.17) is 5.11 Å². The summed E-state index contributed by atoms with van der Waals surface area (Å²) in [6.45, 7) is 0.749. The Morgan fingerprint density at radius 1 is 1.50 bits per heavy atom. The van der Waals surface area contributed by atoms with Crippen molar-refractivity contribution in [1.29, 1.82) is 0 Å². The maximum absolute atomic E-state index is 10.8. The predicted molar refractivity (Wildman–Crippen MR) is 59.9 cm³/mol. The molecular weight excluding hydrogens is 204 g/mol. The number of rotatable bonds is 5. The molecule has 0 spiro atoms. The van der Waals surface area contributed by atoms with Gasteiger partial charge in [0.15, 0.2) is 0 Å². The second-order valence-corrected chi connectivity index (χ2v) is 4.20. The third-order valence-corrected chi connectivity index (χ3v) is 3.02. The van der Waals surface area contributed by atoms with E-state index >= 15 is 0 Å². The van der Waals surface area contributed by atoms with Crippen LogP contribution in [0, 0.1) is 0 Å². The van der Waals surface area contributed by atoms with E-state index in [1.807, 2.05) is 23.1 Å². The molecule has 1 heterocycles. The molecule has 1 aromatic heterocycles. The Morgan fingerprint density at radius 2 is 2.31 bits per heavy atom. The van der Waals surface area contributed by atoms with E-state index in [0.717, 1.165) is 18.5 Å². The van der Waals surface area contributed by atoms with E-state index in [9.17, 15) is 4.79 Å². The van der Waals surface area contributed by atoms with Gasteiger partial charge in [0.2, 0.25) is 0 Å². The zero-order valence-electron chi connectivity index (χ0n) is 9.17. The molecular formula is C12H16N2O2. The lowest BCUT2D eigenvalue weighted by molar-refractivity contribution is -0.139. The van der Waals surface area contributed by atoms with Gasteiger partial charge < -0.3 is 5.11 Å². The summed E-state index contributed by atoms with van der Waals surface area (Å²) in [4.78, 5) is 17.0. The fourth-order valence-electron chi connectivity index (χ4n) is 1.94. The zero-order valence-corrected chi connectivity index (χ0v) is 9.17. The van der Waals surface area contributed by atoms with E-state index in [1.165, 1.54) is 6.42 Å². The van der Waals surface area contributed by atoms with Crippen LogP contribution in [0.1, 0.15) is 25.0 Å². The number of carboxylic acids is 1. The number of pyridine rings is 1. The lowest BCUT2D eigenvalue weighted by atomic mass is 9.91. The van der Waals surface area contributed by atoms with Crippen LogP contribution < -0.4 is 0 Å². The summed E-state index contributed by atoms with van der Waals surface area (Å²) >= 11 is 0. The number of carbonyl (C=O) groups is 1. The Bertz CT molecular complexity index is 349. The molecule has 4 heteroatoms. The van der Waals surface area contributed by atoms with Gasteiger partial charge in [-0.25, -0.2) is 0 Å².